The smallest absolute Gasteiger partial charge is 0.462 e. The van der Waals surface area contributed by atoms with E-state index in [1.165, 1.54) is 116 Å². The Bertz CT molecular complexity index is 835. The summed E-state index contributed by atoms with van der Waals surface area (Å²) in [4.78, 5) is 25.3. The molecule has 0 rings (SSSR count). The number of nitrogens with zero attached hydrogens (tertiary/aromatic N) is 1. The number of likely N-dealkylation sites (N-methyl/N-ethyl adjacent to an activating group) is 1. The minimum Gasteiger partial charge on any atom is -0.462 e. The molecule has 0 radical (unpaired) electrons. The Morgan fingerprint density at radius 3 is 1.32 bits per heavy atom. The molecule has 2 atom stereocenters. The van der Waals surface area contributed by atoms with Crippen molar-refractivity contribution in [1.82, 2.24) is 0 Å². The predicted molar refractivity (Wildman–Crippen MR) is 206 cm³/mol. The van der Waals surface area contributed by atoms with E-state index in [9.17, 15) is 14.2 Å². The third kappa shape index (κ3) is 34.1. The molecular formula is C40H81NO8P+. The number of phosphoric ester groups is 1. The second-order valence-electron chi connectivity index (χ2n) is 15.1. The number of hydrogen-bond donors (Lipinski definition) is 0. The average molecular weight is 735 g/mol. The first-order valence-electron chi connectivity index (χ1n) is 20.7. The molecule has 0 aromatic rings. The largest absolute Gasteiger partial charge is 0.475 e. The Labute approximate surface area is 308 Å². The highest BCUT2D eigenvalue weighted by atomic mass is 31.2. The lowest BCUT2D eigenvalue weighted by Crippen LogP contribution is -2.37. The van der Waals surface area contributed by atoms with Gasteiger partial charge in [-0.05, 0) is 19.8 Å². The first kappa shape index (κ1) is 49.0. The third-order valence-electron chi connectivity index (χ3n) is 8.91. The van der Waals surface area contributed by atoms with Gasteiger partial charge in [-0.1, -0.05) is 155 Å². The van der Waals surface area contributed by atoms with Crippen LogP contribution in [0.2, 0.25) is 0 Å². The van der Waals surface area contributed by atoms with E-state index < -0.39 is 13.9 Å². The number of unbranched alkanes of at least 4 members (excludes halogenated alkanes) is 22. The zero-order valence-electron chi connectivity index (χ0n) is 33.7. The van der Waals surface area contributed by atoms with Crippen molar-refractivity contribution in [3.05, 3.63) is 0 Å². The van der Waals surface area contributed by atoms with Gasteiger partial charge in [0.25, 0.3) is 0 Å². The van der Waals surface area contributed by atoms with Gasteiger partial charge in [0.2, 0.25) is 0 Å². The van der Waals surface area contributed by atoms with Crippen molar-refractivity contribution in [3.8, 4) is 0 Å². The molecule has 9 nitrogen and oxygen atoms in total. The van der Waals surface area contributed by atoms with Gasteiger partial charge in [-0.2, -0.15) is 0 Å². The van der Waals surface area contributed by atoms with Gasteiger partial charge in [-0.25, -0.2) is 4.57 Å². The summed E-state index contributed by atoms with van der Waals surface area (Å²) < 4.78 is 41.6. The second kappa shape index (κ2) is 33.8. The number of carbonyl (C=O) groups is 2. The SMILES string of the molecule is CCCCCCCCCCCCCCCC(=O)OCC(COP(=O)(OCC)OCC[N+](C)(C)C)OC(=O)CCCCCCCCCCCCC. The van der Waals surface area contributed by atoms with Gasteiger partial charge in [0.05, 0.1) is 34.4 Å². The van der Waals surface area contributed by atoms with Crippen molar-refractivity contribution in [2.24, 2.45) is 0 Å². The van der Waals surface area contributed by atoms with Gasteiger partial charge in [-0.3, -0.25) is 23.2 Å². The van der Waals surface area contributed by atoms with E-state index in [1.54, 1.807) is 6.92 Å². The third-order valence-corrected chi connectivity index (χ3v) is 10.5. The Morgan fingerprint density at radius 1 is 0.520 bits per heavy atom. The van der Waals surface area contributed by atoms with Crippen LogP contribution in [0.3, 0.4) is 0 Å². The summed E-state index contributed by atoms with van der Waals surface area (Å²) in [6.07, 6.45) is 29.0. The summed E-state index contributed by atoms with van der Waals surface area (Å²) in [7, 11) is 2.14. The average Bonchev–Trinajstić information content (AvgIpc) is 3.06. The van der Waals surface area contributed by atoms with Crippen molar-refractivity contribution >= 4 is 19.8 Å². The number of rotatable bonds is 38. The van der Waals surface area contributed by atoms with Crippen LogP contribution in [0.4, 0.5) is 0 Å². The van der Waals surface area contributed by atoms with Crippen molar-refractivity contribution in [3.63, 3.8) is 0 Å². The monoisotopic (exact) mass is 735 g/mol. The first-order valence-corrected chi connectivity index (χ1v) is 22.2. The standard InChI is InChI=1S/C40H81NO8P/c1-7-10-12-14-16-18-20-21-23-24-26-28-30-32-39(42)45-36-38(37-48-50(44,46-9-3)47-35-34-41(4,5)6)49-40(43)33-31-29-27-25-22-19-17-15-13-11-8-2/h38H,7-37H2,1-6H3/q+1. The molecule has 10 heteroatoms. The highest BCUT2D eigenvalue weighted by Crippen LogP contribution is 2.49. The zero-order chi connectivity index (χ0) is 37.2. The Kier molecular flexibility index (Phi) is 33.2. The number of esters is 2. The number of carbonyl (C=O) groups excluding carboxylic acids is 2. The number of ether oxygens (including phenoxy) is 2. The van der Waals surface area contributed by atoms with Crippen LogP contribution in [0.5, 0.6) is 0 Å². The maximum absolute atomic E-state index is 13.2. The summed E-state index contributed by atoms with van der Waals surface area (Å²) >= 11 is 0. The van der Waals surface area contributed by atoms with Crippen LogP contribution in [0.15, 0.2) is 0 Å². The second-order valence-corrected chi connectivity index (χ2v) is 16.7. The predicted octanol–water partition coefficient (Wildman–Crippen LogP) is 11.5. The van der Waals surface area contributed by atoms with Crippen molar-refractivity contribution < 1.29 is 41.7 Å². The highest BCUT2D eigenvalue weighted by Gasteiger charge is 2.30. The molecule has 0 fully saturated rings. The lowest BCUT2D eigenvalue weighted by molar-refractivity contribution is -0.870. The van der Waals surface area contributed by atoms with E-state index in [-0.39, 0.29) is 44.8 Å². The Morgan fingerprint density at radius 2 is 0.920 bits per heavy atom. The van der Waals surface area contributed by atoms with E-state index in [1.807, 2.05) is 21.1 Å². The van der Waals surface area contributed by atoms with Crippen molar-refractivity contribution in [2.45, 2.75) is 194 Å². The fourth-order valence-electron chi connectivity index (χ4n) is 5.71. The molecule has 50 heavy (non-hydrogen) atoms. The van der Waals surface area contributed by atoms with Crippen LogP contribution in [0, 0.1) is 0 Å². The van der Waals surface area contributed by atoms with E-state index in [0.717, 1.165) is 38.5 Å². The molecule has 298 valence electrons. The van der Waals surface area contributed by atoms with Crippen LogP contribution in [0.1, 0.15) is 188 Å². The first-order chi connectivity index (χ1) is 24.0. The molecule has 0 aliphatic rings. The molecule has 0 amide bonds. The number of phosphoric acid groups is 1. The topological polar surface area (TPSA) is 97.4 Å². The molecule has 0 bridgehead atoms. The normalized spacial score (nSPS) is 13.6. The summed E-state index contributed by atoms with van der Waals surface area (Å²) in [5.41, 5.74) is 0. The van der Waals surface area contributed by atoms with Gasteiger partial charge in [0.15, 0.2) is 6.10 Å². The fraction of sp³-hybridized carbons (Fsp3) is 0.950. The van der Waals surface area contributed by atoms with E-state index in [0.29, 0.717) is 17.4 Å². The quantitative estimate of drug-likeness (QED) is 0.0268. The van der Waals surface area contributed by atoms with Crippen LogP contribution < -0.4 is 0 Å². The maximum atomic E-state index is 13.2. The van der Waals surface area contributed by atoms with E-state index in [2.05, 4.69) is 13.8 Å². The summed E-state index contributed by atoms with van der Waals surface area (Å²) in [6, 6.07) is 0. The highest BCUT2D eigenvalue weighted by molar-refractivity contribution is 7.48. The lowest BCUT2D eigenvalue weighted by Gasteiger charge is -2.25. The van der Waals surface area contributed by atoms with Crippen LogP contribution >= 0.6 is 7.82 Å². The van der Waals surface area contributed by atoms with Gasteiger partial charge < -0.3 is 14.0 Å². The molecule has 0 aromatic heterocycles. The molecule has 0 aliphatic carbocycles. The summed E-state index contributed by atoms with van der Waals surface area (Å²) in [6.45, 7) is 6.72. The van der Waals surface area contributed by atoms with Gasteiger partial charge >= 0.3 is 19.8 Å². The molecular weight excluding hydrogens is 653 g/mol. The molecule has 0 aromatic carbocycles. The van der Waals surface area contributed by atoms with Crippen LogP contribution in [-0.4, -0.2) is 76.6 Å². The molecule has 0 saturated heterocycles. The molecule has 0 heterocycles. The summed E-state index contributed by atoms with van der Waals surface area (Å²) in [5.74, 6) is -0.703. The number of quaternary nitrogens is 1. The lowest BCUT2D eigenvalue weighted by atomic mass is 10.0. The maximum Gasteiger partial charge on any atom is 0.475 e. The van der Waals surface area contributed by atoms with Crippen LogP contribution in [0.25, 0.3) is 0 Å². The van der Waals surface area contributed by atoms with Crippen molar-refractivity contribution in [1.29, 1.82) is 0 Å². The zero-order valence-corrected chi connectivity index (χ0v) is 34.6. The molecule has 0 aliphatic heterocycles. The molecule has 0 saturated carbocycles. The molecule has 0 spiro atoms. The number of hydrogen-bond acceptors (Lipinski definition) is 8. The van der Waals surface area contributed by atoms with Gasteiger partial charge in [0, 0.05) is 12.8 Å². The minimum absolute atomic E-state index is 0.138. The van der Waals surface area contributed by atoms with Gasteiger partial charge in [-0.15, -0.1) is 0 Å². The van der Waals surface area contributed by atoms with Crippen molar-refractivity contribution in [2.75, 3.05) is 54.1 Å². The van der Waals surface area contributed by atoms with E-state index in [4.69, 9.17) is 23.0 Å². The minimum atomic E-state index is -3.88. The van der Waals surface area contributed by atoms with E-state index >= 15 is 0 Å². The molecule has 2 unspecified atom stereocenters. The fourth-order valence-corrected chi connectivity index (χ4v) is 6.90. The molecule has 0 N–H and O–H groups in total. The Hall–Kier alpha value is -0.990. The Balaban J connectivity index is 4.59. The van der Waals surface area contributed by atoms with Crippen LogP contribution in [-0.2, 0) is 37.2 Å². The summed E-state index contributed by atoms with van der Waals surface area (Å²) in [5, 5.41) is 0. The van der Waals surface area contributed by atoms with Gasteiger partial charge in [0.1, 0.15) is 19.8 Å².